The van der Waals surface area contributed by atoms with Crippen LogP contribution in [0.3, 0.4) is 0 Å². The quantitative estimate of drug-likeness (QED) is 0.585. The van der Waals surface area contributed by atoms with Gasteiger partial charge in [-0.05, 0) is 42.3 Å². The Morgan fingerprint density at radius 3 is 2.44 bits per heavy atom. The number of amides is 2. The van der Waals surface area contributed by atoms with Crippen LogP contribution in [0.4, 0.5) is 5.69 Å². The number of benzene rings is 2. The molecule has 0 atom stereocenters. The Hall–Kier alpha value is -2.37. The number of carbonyl (C=O) groups is 2. The molecule has 0 bridgehead atoms. The molecule has 2 aromatic carbocycles. The molecule has 130 valence electrons. The second-order valence-electron chi connectivity index (χ2n) is 5.31. The first kappa shape index (κ1) is 19.0. The normalized spacial score (nSPS) is 10.7. The zero-order valence-corrected chi connectivity index (χ0v) is 15.1. The minimum absolute atomic E-state index is 0.0312. The lowest BCUT2D eigenvalue weighted by atomic mass is 10.2. The summed E-state index contributed by atoms with van der Waals surface area (Å²) in [5.74, 6) is -0.606. The van der Waals surface area contributed by atoms with E-state index >= 15 is 0 Å². The van der Waals surface area contributed by atoms with E-state index in [1.165, 1.54) is 6.21 Å². The summed E-state index contributed by atoms with van der Waals surface area (Å²) in [6.45, 7) is 1.82. The van der Waals surface area contributed by atoms with Gasteiger partial charge in [0, 0.05) is 28.6 Å². The summed E-state index contributed by atoms with van der Waals surface area (Å²) < 4.78 is 0. The van der Waals surface area contributed by atoms with Gasteiger partial charge in [0.15, 0.2) is 0 Å². The molecule has 25 heavy (non-hydrogen) atoms. The number of nitrogens with zero attached hydrogens (tertiary/aromatic N) is 1. The molecule has 0 radical (unpaired) electrons. The van der Waals surface area contributed by atoms with Gasteiger partial charge in [0.2, 0.25) is 11.8 Å². The van der Waals surface area contributed by atoms with E-state index in [-0.39, 0.29) is 24.7 Å². The largest absolute Gasteiger partial charge is 0.326 e. The molecular weight excluding hydrogens is 361 g/mol. The van der Waals surface area contributed by atoms with E-state index in [2.05, 4.69) is 15.8 Å². The molecule has 2 N–H and O–H groups in total. The number of anilines is 1. The summed E-state index contributed by atoms with van der Waals surface area (Å²) >= 11 is 11.8. The van der Waals surface area contributed by atoms with Crippen molar-refractivity contribution in [2.45, 2.75) is 19.8 Å². The number of hydrazone groups is 1. The van der Waals surface area contributed by atoms with Gasteiger partial charge in [-0.25, -0.2) is 5.43 Å². The van der Waals surface area contributed by atoms with Crippen molar-refractivity contribution >= 4 is 46.9 Å². The zero-order chi connectivity index (χ0) is 18.2. The van der Waals surface area contributed by atoms with E-state index in [1.807, 2.05) is 6.92 Å². The first-order chi connectivity index (χ1) is 12.0. The maximum atomic E-state index is 11.9. The van der Waals surface area contributed by atoms with Crippen molar-refractivity contribution in [1.29, 1.82) is 0 Å². The van der Waals surface area contributed by atoms with Gasteiger partial charge in [-0.3, -0.25) is 9.59 Å². The summed E-state index contributed by atoms with van der Waals surface area (Å²) in [7, 11) is 0. The van der Waals surface area contributed by atoms with Crippen LogP contribution < -0.4 is 10.7 Å². The van der Waals surface area contributed by atoms with Crippen molar-refractivity contribution in [2.75, 3.05) is 5.32 Å². The monoisotopic (exact) mass is 377 g/mol. The van der Waals surface area contributed by atoms with Gasteiger partial charge in [-0.2, -0.15) is 5.10 Å². The highest BCUT2D eigenvalue weighted by Gasteiger charge is 2.09. The number of halogens is 2. The van der Waals surface area contributed by atoms with Gasteiger partial charge in [0.25, 0.3) is 0 Å². The predicted octanol–water partition coefficient (Wildman–Crippen LogP) is 4.17. The molecule has 0 saturated heterocycles. The van der Waals surface area contributed by atoms with Crippen LogP contribution in [0.15, 0.2) is 47.6 Å². The van der Waals surface area contributed by atoms with Crippen molar-refractivity contribution in [3.63, 3.8) is 0 Å². The topological polar surface area (TPSA) is 70.6 Å². The van der Waals surface area contributed by atoms with Gasteiger partial charge in [0.1, 0.15) is 0 Å². The van der Waals surface area contributed by atoms with Crippen LogP contribution in [0.1, 0.15) is 24.0 Å². The third kappa shape index (κ3) is 6.21. The van der Waals surface area contributed by atoms with Crippen molar-refractivity contribution in [3.05, 3.63) is 63.6 Å². The van der Waals surface area contributed by atoms with E-state index in [1.54, 1.807) is 42.5 Å². The van der Waals surface area contributed by atoms with Crippen LogP contribution in [0.5, 0.6) is 0 Å². The second-order valence-corrected chi connectivity index (χ2v) is 6.15. The van der Waals surface area contributed by atoms with Crippen molar-refractivity contribution in [3.8, 4) is 0 Å². The number of hydrogen-bond acceptors (Lipinski definition) is 3. The molecule has 0 aliphatic heterocycles. The highest BCUT2D eigenvalue weighted by atomic mass is 35.5. The summed E-state index contributed by atoms with van der Waals surface area (Å²) in [4.78, 5) is 23.6. The molecule has 0 saturated carbocycles. The average Bonchev–Trinajstić information content (AvgIpc) is 2.59. The van der Waals surface area contributed by atoms with E-state index in [0.29, 0.717) is 15.7 Å². The van der Waals surface area contributed by atoms with Crippen molar-refractivity contribution < 1.29 is 9.59 Å². The molecule has 7 heteroatoms. The van der Waals surface area contributed by atoms with Crippen LogP contribution in [-0.2, 0) is 9.59 Å². The fourth-order valence-electron chi connectivity index (χ4n) is 1.97. The summed E-state index contributed by atoms with van der Waals surface area (Å²) in [5.41, 5.74) is 4.61. The molecule has 2 rings (SSSR count). The van der Waals surface area contributed by atoms with Gasteiger partial charge >= 0.3 is 0 Å². The Kier molecular flexibility index (Phi) is 6.98. The standard InChI is InChI=1S/C18H17Cl2N3O2/c1-12-15(20)3-2-4-16(12)22-17(24)9-10-18(25)23-21-11-13-5-7-14(19)8-6-13/h2-8,11H,9-10H2,1H3,(H,22,24)(H,23,25). The summed E-state index contributed by atoms with van der Waals surface area (Å²) in [6, 6.07) is 12.3. The number of nitrogens with one attached hydrogen (secondary N) is 2. The fraction of sp³-hybridized carbons (Fsp3) is 0.167. The fourth-order valence-corrected chi connectivity index (χ4v) is 2.27. The second kappa shape index (κ2) is 9.20. The Morgan fingerprint density at radius 2 is 1.72 bits per heavy atom. The average molecular weight is 378 g/mol. The van der Waals surface area contributed by atoms with E-state index < -0.39 is 0 Å². The van der Waals surface area contributed by atoms with Crippen LogP contribution in [0, 0.1) is 6.92 Å². The number of hydrogen-bond donors (Lipinski definition) is 2. The molecule has 0 aliphatic carbocycles. The lowest BCUT2D eigenvalue weighted by molar-refractivity contribution is -0.124. The molecule has 0 spiro atoms. The van der Waals surface area contributed by atoms with Crippen LogP contribution in [0.2, 0.25) is 10.0 Å². The van der Waals surface area contributed by atoms with Gasteiger partial charge < -0.3 is 5.32 Å². The van der Waals surface area contributed by atoms with Crippen LogP contribution in [0.25, 0.3) is 0 Å². The highest BCUT2D eigenvalue weighted by molar-refractivity contribution is 6.31. The lowest BCUT2D eigenvalue weighted by Crippen LogP contribution is -2.20. The van der Waals surface area contributed by atoms with E-state index in [4.69, 9.17) is 23.2 Å². The third-order valence-corrected chi connectivity index (χ3v) is 4.06. The SMILES string of the molecule is Cc1c(Cl)cccc1NC(=O)CCC(=O)NN=Cc1ccc(Cl)cc1. The third-order valence-electron chi connectivity index (χ3n) is 3.39. The summed E-state index contributed by atoms with van der Waals surface area (Å²) in [6.07, 6.45) is 1.58. The van der Waals surface area contributed by atoms with Crippen LogP contribution >= 0.6 is 23.2 Å². The number of carbonyl (C=O) groups excluding carboxylic acids is 2. The Labute approximate surface area is 156 Å². The predicted molar refractivity (Wildman–Crippen MR) is 101 cm³/mol. The first-order valence-corrected chi connectivity index (χ1v) is 8.34. The Bertz CT molecular complexity index is 789. The first-order valence-electron chi connectivity index (χ1n) is 7.58. The smallest absolute Gasteiger partial charge is 0.240 e. The molecule has 2 aromatic rings. The van der Waals surface area contributed by atoms with Gasteiger partial charge in [0.05, 0.1) is 6.21 Å². The van der Waals surface area contributed by atoms with E-state index in [9.17, 15) is 9.59 Å². The molecule has 0 aliphatic rings. The van der Waals surface area contributed by atoms with Gasteiger partial charge in [-0.15, -0.1) is 0 Å². The van der Waals surface area contributed by atoms with Crippen molar-refractivity contribution in [1.82, 2.24) is 5.43 Å². The molecule has 2 amide bonds. The molecule has 0 fully saturated rings. The lowest BCUT2D eigenvalue weighted by Gasteiger charge is -2.09. The zero-order valence-electron chi connectivity index (χ0n) is 13.6. The van der Waals surface area contributed by atoms with Crippen molar-refractivity contribution in [2.24, 2.45) is 5.10 Å². The molecule has 5 nitrogen and oxygen atoms in total. The van der Waals surface area contributed by atoms with Gasteiger partial charge in [-0.1, -0.05) is 41.4 Å². The number of rotatable bonds is 6. The maximum Gasteiger partial charge on any atom is 0.240 e. The van der Waals surface area contributed by atoms with Crippen LogP contribution in [-0.4, -0.2) is 18.0 Å². The molecule has 0 aromatic heterocycles. The molecule has 0 heterocycles. The Morgan fingerprint density at radius 1 is 1.04 bits per heavy atom. The van der Waals surface area contributed by atoms with E-state index in [0.717, 1.165) is 11.1 Å². The minimum atomic E-state index is -0.344. The maximum absolute atomic E-state index is 11.9. The molecular formula is C18H17Cl2N3O2. The molecule has 0 unspecified atom stereocenters. The highest BCUT2D eigenvalue weighted by Crippen LogP contribution is 2.23. The Balaban J connectivity index is 1.76. The summed E-state index contributed by atoms with van der Waals surface area (Å²) in [5, 5.41) is 7.78. The minimum Gasteiger partial charge on any atom is -0.326 e.